The Morgan fingerprint density at radius 2 is 1.03 bits per heavy atom. The summed E-state index contributed by atoms with van der Waals surface area (Å²) in [4.78, 5) is 15.3. The fraction of sp³-hybridized carbons (Fsp3) is 0.320. The van der Waals surface area contributed by atoms with Gasteiger partial charge in [-0.1, -0.05) is 42.5 Å². The fourth-order valence-electron chi connectivity index (χ4n) is 3.18. The minimum Gasteiger partial charge on any atom is -0.478 e. The molecule has 0 fully saturated rings. The number of carboxylic acids is 1. The molecule has 0 aliphatic heterocycles. The first kappa shape index (κ1) is 28.1. The zero-order chi connectivity index (χ0) is 25.8. The van der Waals surface area contributed by atoms with E-state index in [0.717, 1.165) is 31.7 Å². The van der Waals surface area contributed by atoms with Crippen molar-refractivity contribution in [2.24, 2.45) is 20.4 Å². The number of carboxylic acid groups (broad SMARTS) is 1. The molecule has 0 saturated carbocycles. The molecule has 2 rings (SSSR count). The molecule has 0 aliphatic carbocycles. The lowest BCUT2D eigenvalue weighted by molar-refractivity contribution is 0.0697. The highest BCUT2D eigenvalue weighted by atomic mass is 32.1. The van der Waals surface area contributed by atoms with E-state index in [1.54, 1.807) is 12.1 Å². The molecule has 0 aliphatic rings. The van der Waals surface area contributed by atoms with Crippen LogP contribution in [0.1, 0.15) is 49.2 Å². The zero-order valence-electron chi connectivity index (χ0n) is 20.5. The van der Waals surface area contributed by atoms with E-state index in [9.17, 15) is 9.90 Å². The molecule has 2 aromatic carbocycles. The molecule has 0 atom stereocenters. The zero-order valence-corrected chi connectivity index (χ0v) is 22.2. The van der Waals surface area contributed by atoms with Crippen LogP contribution >= 0.6 is 25.3 Å². The van der Waals surface area contributed by atoms with E-state index < -0.39 is 5.97 Å². The number of thiol groups is 2. The highest BCUT2D eigenvalue weighted by Gasteiger charge is 2.17. The van der Waals surface area contributed by atoms with Crippen molar-refractivity contribution in [2.45, 2.75) is 27.7 Å². The van der Waals surface area contributed by atoms with E-state index in [-0.39, 0.29) is 5.56 Å². The Balaban J connectivity index is 2.74. The van der Waals surface area contributed by atoms with Crippen LogP contribution in [0.3, 0.4) is 0 Å². The molecule has 186 valence electrons. The second-order valence-corrected chi connectivity index (χ2v) is 8.09. The third kappa shape index (κ3) is 7.97. The molecule has 0 amide bonds. The van der Waals surface area contributed by atoms with E-state index in [0.29, 0.717) is 27.3 Å². The van der Waals surface area contributed by atoms with Gasteiger partial charge in [-0.3, -0.25) is 0 Å². The van der Waals surface area contributed by atoms with Gasteiger partial charge in [0.25, 0.3) is 0 Å². The van der Waals surface area contributed by atoms with Crippen LogP contribution in [-0.2, 0) is 0 Å². The summed E-state index contributed by atoms with van der Waals surface area (Å²) in [5, 5.41) is 28.1. The Morgan fingerprint density at radius 1 is 0.657 bits per heavy atom. The maximum Gasteiger partial charge on any atom is 0.335 e. The molecular formula is C25H32N6O2S2. The SMILES string of the molecule is CCN(CC)/C(S)=N/N=C(/C(=N/N=C(\S)N(CC)CC)c1ccc(C(=O)O)cc1)c1ccccc1. The van der Waals surface area contributed by atoms with E-state index in [2.05, 4.69) is 45.7 Å². The van der Waals surface area contributed by atoms with Gasteiger partial charge in [-0.25, -0.2) is 4.79 Å². The lowest BCUT2D eigenvalue weighted by atomic mass is 9.99. The monoisotopic (exact) mass is 512 g/mol. The molecule has 35 heavy (non-hydrogen) atoms. The highest BCUT2D eigenvalue weighted by Crippen LogP contribution is 2.14. The summed E-state index contributed by atoms with van der Waals surface area (Å²) in [6.07, 6.45) is 0. The topological polar surface area (TPSA) is 93.2 Å². The van der Waals surface area contributed by atoms with Crippen molar-refractivity contribution in [1.82, 2.24) is 9.80 Å². The minimum atomic E-state index is -1.01. The lowest BCUT2D eigenvalue weighted by Gasteiger charge is -2.18. The number of rotatable bonds is 10. The predicted molar refractivity (Wildman–Crippen MR) is 152 cm³/mol. The Hall–Kier alpha value is -3.11. The third-order valence-electron chi connectivity index (χ3n) is 5.25. The van der Waals surface area contributed by atoms with Gasteiger partial charge in [-0.2, -0.15) is 0 Å². The Labute approximate surface area is 218 Å². The number of nitrogens with zero attached hydrogens (tertiary/aromatic N) is 6. The quantitative estimate of drug-likeness (QED) is 0.185. The van der Waals surface area contributed by atoms with Gasteiger partial charge in [0.1, 0.15) is 11.4 Å². The van der Waals surface area contributed by atoms with Crippen LogP contribution in [0, 0.1) is 0 Å². The van der Waals surface area contributed by atoms with Crippen LogP contribution in [0.15, 0.2) is 75.0 Å². The second kappa shape index (κ2) is 14.3. The van der Waals surface area contributed by atoms with E-state index in [1.807, 2.05) is 67.8 Å². The molecule has 0 radical (unpaired) electrons. The van der Waals surface area contributed by atoms with Gasteiger partial charge in [-0.05, 0) is 39.8 Å². The number of hydrogen-bond donors (Lipinski definition) is 3. The van der Waals surface area contributed by atoms with Crippen molar-refractivity contribution in [3.05, 3.63) is 71.3 Å². The predicted octanol–water partition coefficient (Wildman–Crippen LogP) is 4.75. The molecule has 0 unspecified atom stereocenters. The van der Waals surface area contributed by atoms with Crippen molar-refractivity contribution >= 4 is 53.0 Å². The first-order valence-electron chi connectivity index (χ1n) is 11.4. The summed E-state index contributed by atoms with van der Waals surface area (Å²) in [5.41, 5.74) is 2.48. The van der Waals surface area contributed by atoms with Crippen LogP contribution in [0.25, 0.3) is 0 Å². The Bertz CT molecular complexity index is 1090. The fourth-order valence-corrected chi connectivity index (χ4v) is 3.83. The Kier molecular flexibility index (Phi) is 11.5. The van der Waals surface area contributed by atoms with Crippen LogP contribution in [0.4, 0.5) is 0 Å². The first-order chi connectivity index (χ1) is 16.9. The molecule has 0 bridgehead atoms. The first-order valence-corrected chi connectivity index (χ1v) is 12.3. The largest absolute Gasteiger partial charge is 0.478 e. The second-order valence-electron chi connectivity index (χ2n) is 7.29. The van der Waals surface area contributed by atoms with Gasteiger partial charge in [0, 0.05) is 37.3 Å². The summed E-state index contributed by atoms with van der Waals surface area (Å²) in [6, 6.07) is 15.9. The number of amidine groups is 2. The Morgan fingerprint density at radius 3 is 1.40 bits per heavy atom. The average Bonchev–Trinajstić information content (AvgIpc) is 2.88. The molecular weight excluding hydrogens is 480 g/mol. The van der Waals surface area contributed by atoms with Crippen molar-refractivity contribution in [3.63, 3.8) is 0 Å². The van der Waals surface area contributed by atoms with Gasteiger partial charge in [-0.15, -0.1) is 45.7 Å². The van der Waals surface area contributed by atoms with Gasteiger partial charge in [0.15, 0.2) is 10.3 Å². The number of hydrogen-bond acceptors (Lipinski definition) is 5. The van der Waals surface area contributed by atoms with Crippen molar-refractivity contribution in [1.29, 1.82) is 0 Å². The lowest BCUT2D eigenvalue weighted by Crippen LogP contribution is -2.27. The summed E-state index contributed by atoms with van der Waals surface area (Å²) in [6.45, 7) is 11.0. The molecule has 1 N–H and O–H groups in total. The van der Waals surface area contributed by atoms with Gasteiger partial charge < -0.3 is 14.9 Å². The standard InChI is InChI=1S/C25H32N6O2S2/c1-5-30(6-2)24(34)28-26-21(18-12-10-9-11-13-18)22(27-29-25(35)31(7-3)8-4)19-14-16-20(17-15-19)23(32)33/h9-17H,5-8H2,1-4H3,(H,28,34)(H,29,35)(H,32,33)/b26-21+,27-22+. The van der Waals surface area contributed by atoms with E-state index in [4.69, 9.17) is 0 Å². The summed E-state index contributed by atoms with van der Waals surface area (Å²) >= 11 is 9.03. The van der Waals surface area contributed by atoms with Crippen LogP contribution in [-0.4, -0.2) is 68.8 Å². The molecule has 0 heterocycles. The molecule has 8 nitrogen and oxygen atoms in total. The van der Waals surface area contributed by atoms with Crippen LogP contribution in [0.5, 0.6) is 0 Å². The molecule has 2 aromatic rings. The van der Waals surface area contributed by atoms with Gasteiger partial charge in [0.2, 0.25) is 0 Å². The van der Waals surface area contributed by atoms with Crippen LogP contribution < -0.4 is 0 Å². The van der Waals surface area contributed by atoms with Gasteiger partial charge in [0.05, 0.1) is 5.56 Å². The summed E-state index contributed by atoms with van der Waals surface area (Å²) in [5.74, 6) is -1.01. The number of benzene rings is 2. The smallest absolute Gasteiger partial charge is 0.335 e. The van der Waals surface area contributed by atoms with Crippen LogP contribution in [0.2, 0.25) is 0 Å². The van der Waals surface area contributed by atoms with Crippen molar-refractivity contribution in [2.75, 3.05) is 26.2 Å². The minimum absolute atomic E-state index is 0.171. The van der Waals surface area contributed by atoms with E-state index in [1.165, 1.54) is 12.1 Å². The van der Waals surface area contributed by atoms with E-state index >= 15 is 0 Å². The number of carbonyl (C=O) groups is 1. The third-order valence-corrected chi connectivity index (χ3v) is 5.99. The molecule has 0 aromatic heterocycles. The normalized spacial score (nSPS) is 13.1. The maximum absolute atomic E-state index is 11.4. The summed E-state index contributed by atoms with van der Waals surface area (Å²) in [7, 11) is 0. The highest BCUT2D eigenvalue weighted by molar-refractivity contribution is 7.97. The molecule has 0 saturated heterocycles. The number of aromatic carboxylic acids is 1. The van der Waals surface area contributed by atoms with Crippen molar-refractivity contribution in [3.8, 4) is 0 Å². The summed E-state index contributed by atoms with van der Waals surface area (Å²) < 4.78 is 0. The average molecular weight is 513 g/mol. The maximum atomic E-state index is 11.4. The molecule has 10 heteroatoms. The van der Waals surface area contributed by atoms with Gasteiger partial charge >= 0.3 is 5.97 Å². The molecule has 0 spiro atoms. The van der Waals surface area contributed by atoms with Crippen molar-refractivity contribution < 1.29 is 9.90 Å².